The molecule has 4 aromatic rings. The summed E-state index contributed by atoms with van der Waals surface area (Å²) < 4.78 is 41.2. The molecular formula is C16H10F3N5O2. The van der Waals surface area contributed by atoms with Crippen LogP contribution in [0.4, 0.5) is 13.2 Å². The Morgan fingerprint density at radius 3 is 2.46 bits per heavy atom. The van der Waals surface area contributed by atoms with Crippen LogP contribution in [0, 0.1) is 0 Å². The van der Waals surface area contributed by atoms with Gasteiger partial charge in [-0.3, -0.25) is 9.25 Å². The van der Waals surface area contributed by atoms with Gasteiger partial charge in [0.1, 0.15) is 0 Å². The standard InChI is InChI=1S/C16H10F3N5O2/c1-23-7-11-10-4-8(14(25)26)2-3-12(10)24(13(11)22-23)9-5-20-15(21-6-9)16(17,18)19/h2-7H,1H3,(H,25,26). The predicted octanol–water partition coefficient (Wildman–Crippen LogP) is 3.02. The number of carboxylic acid groups (broad SMARTS) is 1. The van der Waals surface area contributed by atoms with Crippen molar-refractivity contribution in [2.24, 2.45) is 7.05 Å². The van der Waals surface area contributed by atoms with Crippen LogP contribution in [0.1, 0.15) is 16.2 Å². The molecule has 3 aromatic heterocycles. The molecule has 0 bridgehead atoms. The lowest BCUT2D eigenvalue weighted by Crippen LogP contribution is -2.11. The van der Waals surface area contributed by atoms with Crippen molar-refractivity contribution in [1.82, 2.24) is 24.3 Å². The fourth-order valence-electron chi connectivity index (χ4n) is 2.87. The molecule has 0 aliphatic carbocycles. The van der Waals surface area contributed by atoms with Crippen LogP contribution in [0.3, 0.4) is 0 Å². The van der Waals surface area contributed by atoms with Gasteiger partial charge in [0.15, 0.2) is 5.65 Å². The van der Waals surface area contributed by atoms with E-state index in [4.69, 9.17) is 0 Å². The molecule has 0 spiro atoms. The number of carbonyl (C=O) groups is 1. The van der Waals surface area contributed by atoms with Crippen LogP contribution in [0.2, 0.25) is 0 Å². The Kier molecular flexibility index (Phi) is 3.26. The van der Waals surface area contributed by atoms with Crippen LogP contribution >= 0.6 is 0 Å². The van der Waals surface area contributed by atoms with E-state index in [1.807, 2.05) is 0 Å². The van der Waals surface area contributed by atoms with Gasteiger partial charge in [-0.25, -0.2) is 14.8 Å². The Bertz CT molecular complexity index is 1160. The summed E-state index contributed by atoms with van der Waals surface area (Å²) >= 11 is 0. The van der Waals surface area contributed by atoms with Crippen LogP contribution < -0.4 is 0 Å². The van der Waals surface area contributed by atoms with Gasteiger partial charge < -0.3 is 5.11 Å². The minimum atomic E-state index is -4.63. The Morgan fingerprint density at radius 2 is 1.85 bits per heavy atom. The van der Waals surface area contributed by atoms with Crippen molar-refractivity contribution in [2.75, 3.05) is 0 Å². The van der Waals surface area contributed by atoms with Crippen LogP contribution in [-0.2, 0) is 13.2 Å². The SMILES string of the molecule is Cn1cc2c3cc(C(=O)O)ccc3n(-c3cnc(C(F)(F)F)nc3)c2n1. The number of nitrogens with zero attached hydrogens (tertiary/aromatic N) is 5. The lowest BCUT2D eigenvalue weighted by molar-refractivity contribution is -0.145. The number of fused-ring (bicyclic) bond motifs is 3. The fraction of sp³-hybridized carbons (Fsp3) is 0.125. The van der Waals surface area contributed by atoms with Gasteiger partial charge in [-0.2, -0.15) is 18.3 Å². The molecule has 132 valence electrons. The van der Waals surface area contributed by atoms with Crippen molar-refractivity contribution in [3.63, 3.8) is 0 Å². The van der Waals surface area contributed by atoms with E-state index in [0.29, 0.717) is 27.6 Å². The second kappa shape index (κ2) is 5.28. The monoisotopic (exact) mass is 361 g/mol. The van der Waals surface area contributed by atoms with Gasteiger partial charge in [-0.15, -0.1) is 0 Å². The van der Waals surface area contributed by atoms with Gasteiger partial charge in [0.05, 0.1) is 29.2 Å². The van der Waals surface area contributed by atoms with Crippen molar-refractivity contribution in [3.8, 4) is 5.69 Å². The number of hydrogen-bond acceptors (Lipinski definition) is 4. The van der Waals surface area contributed by atoms with Gasteiger partial charge in [0.2, 0.25) is 5.82 Å². The second-order valence-corrected chi connectivity index (χ2v) is 5.68. The Morgan fingerprint density at radius 1 is 1.15 bits per heavy atom. The first-order valence-corrected chi connectivity index (χ1v) is 7.36. The Hall–Kier alpha value is -3.43. The number of halogens is 3. The maximum Gasteiger partial charge on any atom is 0.451 e. The van der Waals surface area contributed by atoms with E-state index in [-0.39, 0.29) is 5.56 Å². The smallest absolute Gasteiger partial charge is 0.451 e. The predicted molar refractivity (Wildman–Crippen MR) is 85.1 cm³/mol. The third-order valence-electron chi connectivity index (χ3n) is 3.95. The minimum Gasteiger partial charge on any atom is -0.478 e. The molecule has 3 heterocycles. The highest BCUT2D eigenvalue weighted by molar-refractivity contribution is 6.09. The molecule has 1 N–H and O–H groups in total. The van der Waals surface area contributed by atoms with E-state index in [2.05, 4.69) is 15.1 Å². The molecule has 0 saturated heterocycles. The molecule has 4 rings (SSSR count). The average molecular weight is 361 g/mol. The van der Waals surface area contributed by atoms with Crippen LogP contribution in [0.5, 0.6) is 0 Å². The second-order valence-electron chi connectivity index (χ2n) is 5.68. The summed E-state index contributed by atoms with van der Waals surface area (Å²) in [5.74, 6) is -2.31. The normalized spacial score (nSPS) is 12.2. The van der Waals surface area contributed by atoms with Crippen molar-refractivity contribution in [3.05, 3.63) is 48.2 Å². The number of aryl methyl sites for hydroxylation is 1. The molecule has 0 aliphatic rings. The molecular weight excluding hydrogens is 351 g/mol. The van der Waals surface area contributed by atoms with Crippen LogP contribution in [0.15, 0.2) is 36.8 Å². The zero-order valence-electron chi connectivity index (χ0n) is 13.2. The summed E-state index contributed by atoms with van der Waals surface area (Å²) in [7, 11) is 1.69. The van der Waals surface area contributed by atoms with Gasteiger partial charge in [0, 0.05) is 24.0 Å². The quantitative estimate of drug-likeness (QED) is 0.593. The molecule has 0 aliphatic heterocycles. The highest BCUT2D eigenvalue weighted by Crippen LogP contribution is 2.32. The molecule has 0 amide bonds. The molecule has 7 nitrogen and oxygen atoms in total. The lowest BCUT2D eigenvalue weighted by Gasteiger charge is -2.08. The Balaban J connectivity index is 2.00. The maximum absolute atomic E-state index is 12.7. The first kappa shape index (κ1) is 16.1. The number of alkyl halides is 3. The maximum atomic E-state index is 12.7. The van der Waals surface area contributed by atoms with E-state index >= 15 is 0 Å². The summed E-state index contributed by atoms with van der Waals surface area (Å²) in [6, 6.07) is 4.51. The van der Waals surface area contributed by atoms with Gasteiger partial charge in [-0.05, 0) is 18.2 Å². The molecule has 0 atom stereocenters. The highest BCUT2D eigenvalue weighted by atomic mass is 19.4. The summed E-state index contributed by atoms with van der Waals surface area (Å²) in [4.78, 5) is 18.0. The third-order valence-corrected chi connectivity index (χ3v) is 3.95. The average Bonchev–Trinajstić information content (AvgIpc) is 3.08. The van der Waals surface area contributed by atoms with Crippen molar-refractivity contribution in [1.29, 1.82) is 0 Å². The van der Waals surface area contributed by atoms with E-state index in [1.165, 1.54) is 12.1 Å². The molecule has 10 heteroatoms. The minimum absolute atomic E-state index is 0.101. The fourth-order valence-corrected chi connectivity index (χ4v) is 2.87. The van der Waals surface area contributed by atoms with E-state index < -0.39 is 18.0 Å². The zero-order valence-corrected chi connectivity index (χ0v) is 13.2. The molecule has 1 aromatic carbocycles. The molecule has 0 saturated carbocycles. The van der Waals surface area contributed by atoms with Crippen molar-refractivity contribution >= 4 is 27.9 Å². The van der Waals surface area contributed by atoms with E-state index in [0.717, 1.165) is 12.4 Å². The first-order valence-electron chi connectivity index (χ1n) is 7.36. The zero-order chi connectivity index (χ0) is 18.6. The lowest BCUT2D eigenvalue weighted by atomic mass is 10.1. The highest BCUT2D eigenvalue weighted by Gasteiger charge is 2.34. The Labute approximate surface area is 143 Å². The molecule has 26 heavy (non-hydrogen) atoms. The van der Waals surface area contributed by atoms with Gasteiger partial charge in [-0.1, -0.05) is 0 Å². The third kappa shape index (κ3) is 2.38. The van der Waals surface area contributed by atoms with E-state index in [1.54, 1.807) is 28.6 Å². The summed E-state index contributed by atoms with van der Waals surface area (Å²) in [5, 5.41) is 14.8. The summed E-state index contributed by atoms with van der Waals surface area (Å²) in [6.07, 6.45) is -0.790. The number of rotatable bonds is 2. The van der Waals surface area contributed by atoms with Crippen LogP contribution in [0.25, 0.3) is 27.6 Å². The molecule has 0 radical (unpaired) electrons. The number of carboxylic acids is 1. The number of benzene rings is 1. The largest absolute Gasteiger partial charge is 0.478 e. The number of aromatic carboxylic acids is 1. The summed E-state index contributed by atoms with van der Waals surface area (Å²) in [6.45, 7) is 0. The summed E-state index contributed by atoms with van der Waals surface area (Å²) in [5.41, 5.74) is 1.45. The number of hydrogen-bond donors (Lipinski definition) is 1. The van der Waals surface area contributed by atoms with Crippen LogP contribution in [-0.4, -0.2) is 35.4 Å². The van der Waals surface area contributed by atoms with Gasteiger partial charge >= 0.3 is 12.1 Å². The van der Waals surface area contributed by atoms with Crippen molar-refractivity contribution in [2.45, 2.75) is 6.18 Å². The van der Waals surface area contributed by atoms with E-state index in [9.17, 15) is 23.1 Å². The topological polar surface area (TPSA) is 85.8 Å². The molecule has 0 fully saturated rings. The number of aromatic nitrogens is 5. The van der Waals surface area contributed by atoms with Crippen molar-refractivity contribution < 1.29 is 23.1 Å². The van der Waals surface area contributed by atoms with Gasteiger partial charge in [0.25, 0.3) is 0 Å². The first-order chi connectivity index (χ1) is 12.3. The molecule has 0 unspecified atom stereocenters.